The lowest BCUT2D eigenvalue weighted by Crippen LogP contribution is -2.43. The van der Waals surface area contributed by atoms with E-state index in [0.717, 1.165) is 16.9 Å². The van der Waals surface area contributed by atoms with Gasteiger partial charge in [0, 0.05) is 5.69 Å². The van der Waals surface area contributed by atoms with Gasteiger partial charge in [0.05, 0.1) is 5.69 Å². The molecule has 0 radical (unpaired) electrons. The molecule has 2 aromatic carbocycles. The fraction of sp³-hybridized carbons (Fsp3) is 0.250. The number of hydrogen-bond donors (Lipinski definition) is 1. The number of amides is 3. The van der Waals surface area contributed by atoms with Gasteiger partial charge in [0.2, 0.25) is 5.91 Å². The molecular formula is C20H18FN5O3. The van der Waals surface area contributed by atoms with Crippen molar-refractivity contribution in [2.24, 2.45) is 10.3 Å². The SMILES string of the molecule is CCc1ccccc1NC(=O)CN1N=N[C@@H]2C(=O)N(c3ccc(F)cc3)C(=O)[C@@H]21. The summed E-state index contributed by atoms with van der Waals surface area (Å²) in [4.78, 5) is 38.9. The highest BCUT2D eigenvalue weighted by molar-refractivity contribution is 6.25. The second-order valence-electron chi connectivity index (χ2n) is 6.74. The Balaban J connectivity index is 1.49. The molecule has 1 saturated heterocycles. The third kappa shape index (κ3) is 3.35. The molecule has 9 heteroatoms. The second-order valence-corrected chi connectivity index (χ2v) is 6.74. The molecule has 0 spiro atoms. The Labute approximate surface area is 166 Å². The van der Waals surface area contributed by atoms with Crippen molar-refractivity contribution in [1.82, 2.24) is 5.01 Å². The summed E-state index contributed by atoms with van der Waals surface area (Å²) in [6.45, 7) is 1.76. The Hall–Kier alpha value is -3.62. The summed E-state index contributed by atoms with van der Waals surface area (Å²) in [6, 6.07) is 10.5. The number of rotatable bonds is 5. The first-order valence-electron chi connectivity index (χ1n) is 9.18. The van der Waals surface area contributed by atoms with Crippen molar-refractivity contribution < 1.29 is 18.8 Å². The highest BCUT2D eigenvalue weighted by Crippen LogP contribution is 2.31. The van der Waals surface area contributed by atoms with Crippen LogP contribution < -0.4 is 10.2 Å². The predicted molar refractivity (Wildman–Crippen MR) is 102 cm³/mol. The van der Waals surface area contributed by atoms with Crippen molar-refractivity contribution in [2.75, 3.05) is 16.8 Å². The highest BCUT2D eigenvalue weighted by Gasteiger charge is 2.55. The second kappa shape index (κ2) is 7.42. The van der Waals surface area contributed by atoms with Gasteiger partial charge in [-0.05, 0) is 42.3 Å². The molecule has 2 heterocycles. The molecular weight excluding hydrogens is 377 g/mol. The van der Waals surface area contributed by atoms with E-state index in [1.54, 1.807) is 6.07 Å². The van der Waals surface area contributed by atoms with Crippen LogP contribution in [0.5, 0.6) is 0 Å². The molecule has 0 aliphatic carbocycles. The van der Waals surface area contributed by atoms with Gasteiger partial charge in [0.15, 0.2) is 12.1 Å². The number of para-hydroxylation sites is 1. The zero-order chi connectivity index (χ0) is 20.5. The first-order chi connectivity index (χ1) is 14.0. The van der Waals surface area contributed by atoms with Crippen molar-refractivity contribution in [1.29, 1.82) is 0 Å². The summed E-state index contributed by atoms with van der Waals surface area (Å²) in [6.07, 6.45) is 0.754. The number of benzene rings is 2. The summed E-state index contributed by atoms with van der Waals surface area (Å²) in [5, 5.41) is 11.8. The zero-order valence-electron chi connectivity index (χ0n) is 15.6. The van der Waals surface area contributed by atoms with Gasteiger partial charge in [0.25, 0.3) is 11.8 Å². The molecule has 0 saturated carbocycles. The Morgan fingerprint density at radius 1 is 1.10 bits per heavy atom. The van der Waals surface area contributed by atoms with E-state index >= 15 is 0 Å². The highest BCUT2D eigenvalue weighted by atomic mass is 19.1. The van der Waals surface area contributed by atoms with Crippen molar-refractivity contribution in [3.05, 3.63) is 59.9 Å². The van der Waals surface area contributed by atoms with Crippen molar-refractivity contribution >= 4 is 29.1 Å². The van der Waals surface area contributed by atoms with E-state index in [0.29, 0.717) is 5.69 Å². The Kier molecular flexibility index (Phi) is 4.79. The molecule has 2 aliphatic heterocycles. The molecule has 0 aromatic heterocycles. The van der Waals surface area contributed by atoms with E-state index in [-0.39, 0.29) is 18.1 Å². The minimum Gasteiger partial charge on any atom is -0.324 e. The fourth-order valence-electron chi connectivity index (χ4n) is 3.49. The third-order valence-electron chi connectivity index (χ3n) is 4.92. The van der Waals surface area contributed by atoms with Crippen LogP contribution in [0.3, 0.4) is 0 Å². The van der Waals surface area contributed by atoms with Gasteiger partial charge in [-0.25, -0.2) is 9.29 Å². The molecule has 29 heavy (non-hydrogen) atoms. The minimum absolute atomic E-state index is 0.223. The topological polar surface area (TPSA) is 94.4 Å². The maximum Gasteiger partial charge on any atom is 0.263 e. The van der Waals surface area contributed by atoms with Gasteiger partial charge in [-0.3, -0.25) is 19.4 Å². The third-order valence-corrected chi connectivity index (χ3v) is 4.92. The summed E-state index contributed by atoms with van der Waals surface area (Å²) < 4.78 is 13.2. The number of carbonyl (C=O) groups is 3. The van der Waals surface area contributed by atoms with E-state index in [1.165, 1.54) is 29.3 Å². The Morgan fingerprint density at radius 2 is 1.83 bits per heavy atom. The number of hydrogen-bond acceptors (Lipinski definition) is 6. The standard InChI is InChI=1S/C20H18FN5O3/c1-2-12-5-3-4-6-15(12)22-16(27)11-25-18-17(23-24-25)19(28)26(20(18)29)14-9-7-13(21)8-10-14/h3-10,17-18H,2,11H2,1H3,(H,22,27)/t17-,18+/m0/s1. The van der Waals surface area contributed by atoms with E-state index < -0.39 is 29.7 Å². The van der Waals surface area contributed by atoms with Crippen LogP contribution in [0.4, 0.5) is 15.8 Å². The summed E-state index contributed by atoms with van der Waals surface area (Å²) in [7, 11) is 0. The molecule has 3 amide bonds. The minimum atomic E-state index is -1.01. The Bertz CT molecular complexity index is 1010. The number of nitrogens with one attached hydrogen (secondary N) is 1. The molecule has 2 aliphatic rings. The normalized spacial score (nSPS) is 20.3. The van der Waals surface area contributed by atoms with Gasteiger partial charge < -0.3 is 5.32 Å². The Morgan fingerprint density at radius 3 is 2.55 bits per heavy atom. The van der Waals surface area contributed by atoms with Crippen LogP contribution in [0.1, 0.15) is 12.5 Å². The summed E-state index contributed by atoms with van der Waals surface area (Å²) in [5.74, 6) is -1.93. The number of carbonyl (C=O) groups excluding carboxylic acids is 3. The van der Waals surface area contributed by atoms with Crippen LogP contribution in [0.25, 0.3) is 0 Å². The van der Waals surface area contributed by atoms with Gasteiger partial charge in [-0.15, -0.1) is 0 Å². The largest absolute Gasteiger partial charge is 0.324 e. The number of anilines is 2. The quantitative estimate of drug-likeness (QED) is 0.786. The van der Waals surface area contributed by atoms with E-state index in [9.17, 15) is 18.8 Å². The first kappa shape index (κ1) is 18.7. The van der Waals surface area contributed by atoms with Gasteiger partial charge in [0.1, 0.15) is 12.4 Å². The zero-order valence-corrected chi connectivity index (χ0v) is 15.6. The predicted octanol–water partition coefficient (Wildman–Crippen LogP) is 2.32. The summed E-state index contributed by atoms with van der Waals surface area (Å²) >= 11 is 0. The maximum absolute atomic E-state index is 13.2. The van der Waals surface area contributed by atoms with Crippen LogP contribution in [-0.2, 0) is 20.8 Å². The molecule has 2 aromatic rings. The molecule has 1 N–H and O–H groups in total. The number of aryl methyl sites for hydroxylation is 1. The average Bonchev–Trinajstić information content (AvgIpc) is 3.23. The molecule has 0 bridgehead atoms. The van der Waals surface area contributed by atoms with E-state index in [2.05, 4.69) is 15.7 Å². The van der Waals surface area contributed by atoms with E-state index in [4.69, 9.17) is 0 Å². The lowest BCUT2D eigenvalue weighted by molar-refractivity contribution is -0.123. The van der Waals surface area contributed by atoms with Crippen molar-refractivity contribution in [3.63, 3.8) is 0 Å². The van der Waals surface area contributed by atoms with Gasteiger partial charge >= 0.3 is 0 Å². The molecule has 4 rings (SSSR count). The van der Waals surface area contributed by atoms with Crippen LogP contribution in [0, 0.1) is 5.82 Å². The van der Waals surface area contributed by atoms with Crippen molar-refractivity contribution in [2.45, 2.75) is 25.4 Å². The van der Waals surface area contributed by atoms with Crippen LogP contribution >= 0.6 is 0 Å². The molecule has 148 valence electrons. The maximum atomic E-state index is 13.2. The molecule has 8 nitrogen and oxygen atoms in total. The smallest absolute Gasteiger partial charge is 0.263 e. The van der Waals surface area contributed by atoms with Crippen molar-refractivity contribution in [3.8, 4) is 0 Å². The number of fused-ring (bicyclic) bond motifs is 1. The van der Waals surface area contributed by atoms with Gasteiger partial charge in [-0.2, -0.15) is 5.11 Å². The van der Waals surface area contributed by atoms with Crippen LogP contribution in [0.15, 0.2) is 58.9 Å². The lowest BCUT2D eigenvalue weighted by atomic mass is 10.1. The lowest BCUT2D eigenvalue weighted by Gasteiger charge is -2.20. The number of halogens is 1. The molecule has 0 unspecified atom stereocenters. The first-order valence-corrected chi connectivity index (χ1v) is 9.18. The number of nitrogens with zero attached hydrogens (tertiary/aromatic N) is 4. The van der Waals surface area contributed by atoms with E-state index in [1.807, 2.05) is 25.1 Å². The van der Waals surface area contributed by atoms with Crippen LogP contribution in [0.2, 0.25) is 0 Å². The van der Waals surface area contributed by atoms with Gasteiger partial charge in [-0.1, -0.05) is 30.3 Å². The fourth-order valence-corrected chi connectivity index (χ4v) is 3.49. The monoisotopic (exact) mass is 395 g/mol. The molecule has 2 atom stereocenters. The summed E-state index contributed by atoms with van der Waals surface area (Å²) in [5.41, 5.74) is 1.93. The number of imide groups is 1. The molecule has 1 fully saturated rings. The van der Waals surface area contributed by atoms with Crippen LogP contribution in [-0.4, -0.2) is 41.4 Å². The average molecular weight is 395 g/mol.